The maximum Gasteiger partial charge on any atom is 0.385 e. The average molecular weight is 430 g/mol. The van der Waals surface area contributed by atoms with Gasteiger partial charge in [0.15, 0.2) is 0 Å². The SMILES string of the molecule is CC#CC#CC#CC#CC#CC#CC#CC#CC(=O)OC1CC(C)(C)N(O)C(C)(C)C1.[HH].[HH].[HH].[HH].[HH].[HH].[HH].[HH].[HH].[HH].[HH]. The van der Waals surface area contributed by atoms with Gasteiger partial charge in [-0.2, -0.15) is 5.06 Å². The summed E-state index contributed by atoms with van der Waals surface area (Å²) in [5.41, 5.74) is -1.02. The van der Waals surface area contributed by atoms with Crippen LogP contribution < -0.4 is 0 Å². The lowest BCUT2D eigenvalue weighted by atomic mass is 9.80. The molecule has 0 unspecified atom stereocenters. The molecule has 4 nitrogen and oxygen atoms in total. The van der Waals surface area contributed by atoms with Crippen molar-refractivity contribution in [2.24, 2.45) is 0 Å². The second-order valence-electron chi connectivity index (χ2n) is 7.50. The number of hydrogen-bond acceptors (Lipinski definition) is 4. The van der Waals surface area contributed by atoms with Gasteiger partial charge < -0.3 is 9.94 Å². The van der Waals surface area contributed by atoms with Crippen LogP contribution in [-0.4, -0.2) is 33.4 Å². The fourth-order valence-corrected chi connectivity index (χ4v) is 2.96. The highest BCUT2D eigenvalue weighted by molar-refractivity contribution is 5.89. The van der Waals surface area contributed by atoms with Crippen molar-refractivity contribution in [2.75, 3.05) is 0 Å². The Morgan fingerprint density at radius 3 is 1.52 bits per heavy atom. The van der Waals surface area contributed by atoms with Crippen molar-refractivity contribution in [3.63, 3.8) is 0 Å². The highest BCUT2D eigenvalue weighted by Crippen LogP contribution is 2.37. The number of piperidine rings is 1. The molecule has 0 atom stereocenters. The number of carbonyl (C=O) groups excluding carboxylic acids is 1. The zero-order valence-corrected chi connectivity index (χ0v) is 18.2. The van der Waals surface area contributed by atoms with Gasteiger partial charge in [-0.15, -0.1) is 0 Å². The molecule has 0 aromatic heterocycles. The number of ether oxygens (including phenoxy) is 1. The van der Waals surface area contributed by atoms with E-state index in [-0.39, 0.29) is 21.8 Å². The fraction of sp³-hybridized carbons (Fsp3) is 0.370. The van der Waals surface area contributed by atoms with Crippen LogP contribution in [0.25, 0.3) is 0 Å². The van der Waals surface area contributed by atoms with Gasteiger partial charge in [0.05, 0.1) is 0 Å². The van der Waals surface area contributed by atoms with E-state index < -0.39 is 17.0 Å². The molecule has 0 aliphatic carbocycles. The van der Waals surface area contributed by atoms with Crippen molar-refractivity contribution in [3.05, 3.63) is 0 Å². The molecule has 0 aromatic carbocycles. The van der Waals surface area contributed by atoms with E-state index in [9.17, 15) is 10.0 Å². The maximum absolute atomic E-state index is 11.9. The third kappa shape index (κ3) is 9.76. The van der Waals surface area contributed by atoms with E-state index in [1.165, 1.54) is 5.06 Å². The fourth-order valence-electron chi connectivity index (χ4n) is 2.96. The summed E-state index contributed by atoms with van der Waals surface area (Å²) in [4.78, 5) is 11.9. The number of hydrogen-bond donors (Lipinski definition) is 1. The average Bonchev–Trinajstić information content (AvgIpc) is 2.68. The first-order chi connectivity index (χ1) is 14.7. The van der Waals surface area contributed by atoms with Crippen LogP contribution in [0.3, 0.4) is 0 Å². The number of hydroxylamine groups is 2. The van der Waals surface area contributed by atoms with E-state index >= 15 is 0 Å². The van der Waals surface area contributed by atoms with Crippen molar-refractivity contribution in [3.8, 4) is 94.7 Å². The predicted molar refractivity (Wildman–Crippen MR) is 142 cm³/mol. The maximum atomic E-state index is 11.9. The largest absolute Gasteiger partial charge is 0.453 e. The summed E-state index contributed by atoms with van der Waals surface area (Å²) in [7, 11) is 0. The Balaban J connectivity index is -0.0000000971. The quantitative estimate of drug-likeness (QED) is 0.373. The summed E-state index contributed by atoms with van der Waals surface area (Å²) in [5, 5.41) is 11.6. The smallest absolute Gasteiger partial charge is 0.385 e. The van der Waals surface area contributed by atoms with Crippen LogP contribution in [0.15, 0.2) is 0 Å². The minimum atomic E-state index is -0.659. The molecule has 1 N–H and O–H groups in total. The van der Waals surface area contributed by atoms with Gasteiger partial charge in [-0.25, -0.2) is 4.79 Å². The Labute approximate surface area is 201 Å². The third-order valence-corrected chi connectivity index (χ3v) is 3.98. The second kappa shape index (κ2) is 12.4. The van der Waals surface area contributed by atoms with Crippen LogP contribution in [0.5, 0.6) is 0 Å². The van der Waals surface area contributed by atoms with E-state index in [1.54, 1.807) is 6.92 Å². The van der Waals surface area contributed by atoms with Crippen molar-refractivity contribution >= 4 is 5.97 Å². The van der Waals surface area contributed by atoms with E-state index in [1.807, 2.05) is 27.7 Å². The van der Waals surface area contributed by atoms with Crippen LogP contribution in [0.2, 0.25) is 0 Å². The lowest BCUT2D eigenvalue weighted by molar-refractivity contribution is -0.258. The molecule has 174 valence electrons. The van der Waals surface area contributed by atoms with Crippen molar-refractivity contribution < 1.29 is 30.4 Å². The Morgan fingerprint density at radius 1 is 0.774 bits per heavy atom. The highest BCUT2D eigenvalue weighted by Gasteiger charge is 2.46. The highest BCUT2D eigenvalue weighted by atomic mass is 16.5. The zero-order chi connectivity index (χ0) is 23.2. The van der Waals surface area contributed by atoms with Gasteiger partial charge in [-0.1, -0.05) is 5.92 Å². The Kier molecular flexibility index (Phi) is 9.99. The van der Waals surface area contributed by atoms with Gasteiger partial charge >= 0.3 is 5.97 Å². The number of carbonyl (C=O) groups is 1. The first-order valence-corrected chi connectivity index (χ1v) is 9.31. The van der Waals surface area contributed by atoms with Gasteiger partial charge in [-0.05, 0) is 118 Å². The van der Waals surface area contributed by atoms with E-state index in [4.69, 9.17) is 4.74 Å². The standard InChI is InChI=1S/C27H21NO3.11H2/c1-6-7-8-9-10-11-12-13-14-15-16-17-18-19-20-21-25(29)31-24-22-26(2,3)28(30)27(4,5)23-24;;;;;;;;;;;/h24,30H,22-23H2,1-5H3;11*1H. The molecule has 1 heterocycles. The second-order valence-corrected chi connectivity index (χ2v) is 7.50. The topological polar surface area (TPSA) is 49.8 Å². The molecule has 1 aliphatic rings. The van der Waals surface area contributed by atoms with Crippen molar-refractivity contribution in [1.82, 2.24) is 5.06 Å². The molecule has 0 bridgehead atoms. The molecular formula is C27H43NO3. The van der Waals surface area contributed by atoms with Crippen molar-refractivity contribution in [1.29, 1.82) is 0 Å². The summed E-state index contributed by atoms with van der Waals surface area (Å²) in [6.45, 7) is 9.27. The minimum absolute atomic E-state index is 0. The van der Waals surface area contributed by atoms with Crippen LogP contribution in [-0.2, 0) is 9.53 Å². The Bertz CT molecular complexity index is 1220. The molecule has 1 fully saturated rings. The molecule has 1 aliphatic heterocycles. The zero-order valence-electron chi connectivity index (χ0n) is 18.2. The van der Waals surface area contributed by atoms with Crippen LogP contribution in [0, 0.1) is 94.7 Å². The first-order valence-electron chi connectivity index (χ1n) is 9.31. The van der Waals surface area contributed by atoms with E-state index in [2.05, 4.69) is 94.7 Å². The molecule has 0 aromatic rings. The monoisotopic (exact) mass is 429 g/mol. The summed E-state index contributed by atoms with van der Waals surface area (Å²) in [6.07, 6.45) is 0.679. The first kappa shape index (κ1) is 24.9. The van der Waals surface area contributed by atoms with Crippen LogP contribution in [0.1, 0.15) is 63.2 Å². The number of nitrogens with zero attached hydrogens (tertiary/aromatic N) is 1. The molecule has 4 heteroatoms. The van der Waals surface area contributed by atoms with Crippen LogP contribution in [0.4, 0.5) is 0 Å². The molecule has 0 saturated carbocycles. The molecule has 0 spiro atoms. The molecule has 0 amide bonds. The lowest BCUT2D eigenvalue weighted by Gasteiger charge is -2.50. The molecule has 31 heavy (non-hydrogen) atoms. The normalized spacial score (nSPS) is 14.8. The summed E-state index contributed by atoms with van der Waals surface area (Å²) in [5.74, 6) is 39.2. The number of esters is 1. The Morgan fingerprint density at radius 2 is 1.13 bits per heavy atom. The van der Waals surface area contributed by atoms with Gasteiger partial charge in [-0.3, -0.25) is 0 Å². The summed E-state index contributed by atoms with van der Waals surface area (Å²) >= 11 is 0. The van der Waals surface area contributed by atoms with E-state index in [0.717, 1.165) is 0 Å². The summed E-state index contributed by atoms with van der Waals surface area (Å²) in [6, 6.07) is 0. The molecule has 1 rings (SSSR count). The third-order valence-electron chi connectivity index (χ3n) is 3.98. The molecule has 0 radical (unpaired) electrons. The predicted octanol–water partition coefficient (Wildman–Crippen LogP) is 4.69. The van der Waals surface area contributed by atoms with Gasteiger partial charge in [0.25, 0.3) is 0 Å². The van der Waals surface area contributed by atoms with Crippen LogP contribution >= 0.6 is 0 Å². The van der Waals surface area contributed by atoms with Gasteiger partial charge in [0.2, 0.25) is 0 Å². The van der Waals surface area contributed by atoms with Crippen molar-refractivity contribution in [2.45, 2.75) is 64.6 Å². The molecular weight excluding hydrogens is 386 g/mol. The molecule has 1 saturated heterocycles. The lowest BCUT2D eigenvalue weighted by Crippen LogP contribution is -2.60. The minimum Gasteiger partial charge on any atom is -0.453 e. The van der Waals surface area contributed by atoms with Gasteiger partial charge in [0, 0.05) is 45.5 Å². The Hall–Kier alpha value is -4.13. The van der Waals surface area contributed by atoms with Gasteiger partial charge in [0.1, 0.15) is 6.10 Å². The summed E-state index contributed by atoms with van der Waals surface area (Å²) < 4.78 is 5.41. The van der Waals surface area contributed by atoms with E-state index in [0.29, 0.717) is 12.8 Å². The number of rotatable bonds is 1.